The van der Waals surface area contributed by atoms with Gasteiger partial charge < -0.3 is 4.98 Å². The molecule has 1 saturated heterocycles. The largest absolute Gasteiger partial charge is 0.326 e. The lowest BCUT2D eigenvalue weighted by Crippen LogP contribution is -2.40. The smallest absolute Gasteiger partial charge is 0.306 e. The van der Waals surface area contributed by atoms with Crippen LogP contribution in [0.5, 0.6) is 0 Å². The van der Waals surface area contributed by atoms with Crippen molar-refractivity contribution in [3.8, 4) is 5.69 Å². The maximum atomic E-state index is 13.1. The van der Waals surface area contributed by atoms with Crippen molar-refractivity contribution in [2.45, 2.75) is 23.8 Å². The molecular formula is C19H19N7O3S. The van der Waals surface area contributed by atoms with Gasteiger partial charge in [-0.05, 0) is 59.7 Å². The highest BCUT2D eigenvalue weighted by atomic mass is 32.2. The number of piperidine rings is 1. The van der Waals surface area contributed by atoms with Gasteiger partial charge in [0.1, 0.15) is 6.33 Å². The van der Waals surface area contributed by atoms with Gasteiger partial charge >= 0.3 is 5.69 Å². The van der Waals surface area contributed by atoms with E-state index in [9.17, 15) is 13.2 Å². The number of nitrogens with zero attached hydrogens (tertiary/aromatic N) is 6. The first kappa shape index (κ1) is 18.7. The Kier molecular flexibility index (Phi) is 4.48. The normalized spacial score (nSPS) is 16.3. The molecule has 0 atom stereocenters. The number of para-hydroxylation sites is 2. The third-order valence-corrected chi connectivity index (χ3v) is 7.41. The number of aromatic nitrogens is 6. The van der Waals surface area contributed by atoms with Crippen molar-refractivity contribution in [1.29, 1.82) is 0 Å². The van der Waals surface area contributed by atoms with E-state index in [1.165, 1.54) is 15.3 Å². The van der Waals surface area contributed by atoms with Crippen LogP contribution in [0.3, 0.4) is 0 Å². The Morgan fingerprint density at radius 1 is 1.00 bits per heavy atom. The van der Waals surface area contributed by atoms with Crippen molar-refractivity contribution in [3.05, 3.63) is 65.3 Å². The standard InChI is InChI=1S/C19H19N7O3S/c27-19-21-17-3-1-2-4-18(17)26(19)15-9-11-24(12-10-15)30(28,29)16-7-5-14(6-8-16)25-13-20-22-23-25/h1-8,13,15H,9-12H2,(H,21,27). The van der Waals surface area contributed by atoms with E-state index < -0.39 is 10.0 Å². The summed E-state index contributed by atoms with van der Waals surface area (Å²) in [4.78, 5) is 15.5. The lowest BCUT2D eigenvalue weighted by Gasteiger charge is -2.31. The molecule has 3 heterocycles. The summed E-state index contributed by atoms with van der Waals surface area (Å²) in [5, 5.41) is 10.9. The number of imidazole rings is 1. The molecule has 0 saturated carbocycles. The molecule has 0 spiro atoms. The lowest BCUT2D eigenvalue weighted by atomic mass is 10.1. The van der Waals surface area contributed by atoms with E-state index in [0.29, 0.717) is 31.6 Å². The molecule has 0 aliphatic carbocycles. The van der Waals surface area contributed by atoms with Crippen LogP contribution in [0, 0.1) is 0 Å². The zero-order chi connectivity index (χ0) is 20.7. The molecule has 1 N–H and O–H groups in total. The van der Waals surface area contributed by atoms with Crippen LogP contribution < -0.4 is 5.69 Å². The molecule has 4 aromatic rings. The first-order valence-electron chi connectivity index (χ1n) is 9.57. The summed E-state index contributed by atoms with van der Waals surface area (Å²) in [7, 11) is -3.62. The Morgan fingerprint density at radius 3 is 2.43 bits per heavy atom. The quantitative estimate of drug-likeness (QED) is 0.527. The minimum absolute atomic E-state index is 0.0395. The molecule has 0 radical (unpaired) electrons. The van der Waals surface area contributed by atoms with E-state index in [4.69, 9.17) is 0 Å². The summed E-state index contributed by atoms with van der Waals surface area (Å²) >= 11 is 0. The molecule has 0 bridgehead atoms. The zero-order valence-corrected chi connectivity index (χ0v) is 16.7. The second-order valence-electron chi connectivity index (χ2n) is 7.20. The lowest BCUT2D eigenvalue weighted by molar-refractivity contribution is 0.274. The van der Waals surface area contributed by atoms with E-state index in [2.05, 4.69) is 20.5 Å². The van der Waals surface area contributed by atoms with Gasteiger partial charge in [0, 0.05) is 19.1 Å². The van der Waals surface area contributed by atoms with Crippen LogP contribution in [-0.2, 0) is 10.0 Å². The Bertz CT molecular complexity index is 1330. The summed E-state index contributed by atoms with van der Waals surface area (Å²) in [6.07, 6.45) is 2.59. The fourth-order valence-electron chi connectivity index (χ4n) is 3.98. The van der Waals surface area contributed by atoms with Crippen LogP contribution in [-0.4, -0.2) is 55.6 Å². The summed E-state index contributed by atoms with van der Waals surface area (Å²) in [5.41, 5.74) is 2.16. The first-order valence-corrected chi connectivity index (χ1v) is 11.0. The molecular weight excluding hydrogens is 406 g/mol. The number of nitrogens with one attached hydrogen (secondary N) is 1. The minimum atomic E-state index is -3.62. The Hall–Kier alpha value is -3.31. The number of tetrazole rings is 1. The van der Waals surface area contributed by atoms with Gasteiger partial charge in [0.25, 0.3) is 0 Å². The van der Waals surface area contributed by atoms with Crippen molar-refractivity contribution >= 4 is 21.1 Å². The molecule has 1 fully saturated rings. The van der Waals surface area contributed by atoms with Gasteiger partial charge in [-0.15, -0.1) is 5.10 Å². The van der Waals surface area contributed by atoms with Crippen molar-refractivity contribution in [3.63, 3.8) is 0 Å². The van der Waals surface area contributed by atoms with Crippen molar-refractivity contribution < 1.29 is 8.42 Å². The summed E-state index contributed by atoms with van der Waals surface area (Å²) in [6, 6.07) is 14.0. The average Bonchev–Trinajstić information content (AvgIpc) is 3.41. The fraction of sp³-hybridized carbons (Fsp3) is 0.263. The minimum Gasteiger partial charge on any atom is -0.306 e. The first-order chi connectivity index (χ1) is 14.5. The maximum absolute atomic E-state index is 13.1. The third kappa shape index (κ3) is 3.12. The number of rotatable bonds is 4. The maximum Gasteiger partial charge on any atom is 0.326 e. The summed E-state index contributed by atoms with van der Waals surface area (Å²) in [6.45, 7) is 0.710. The SMILES string of the molecule is O=c1[nH]c2ccccc2n1C1CCN(S(=O)(=O)c2ccc(-n3cnnn3)cc2)CC1. The Balaban J connectivity index is 1.34. The number of aromatic amines is 1. The molecule has 11 heteroatoms. The predicted molar refractivity (Wildman–Crippen MR) is 109 cm³/mol. The van der Waals surface area contributed by atoms with Crippen LogP contribution >= 0.6 is 0 Å². The van der Waals surface area contributed by atoms with Crippen LogP contribution in [0.4, 0.5) is 0 Å². The van der Waals surface area contributed by atoms with Gasteiger partial charge in [0.15, 0.2) is 0 Å². The van der Waals surface area contributed by atoms with Crippen LogP contribution in [0.2, 0.25) is 0 Å². The molecule has 1 aliphatic rings. The topological polar surface area (TPSA) is 119 Å². The van der Waals surface area contributed by atoms with Gasteiger partial charge in [0.2, 0.25) is 10.0 Å². The highest BCUT2D eigenvalue weighted by Gasteiger charge is 2.31. The number of fused-ring (bicyclic) bond motifs is 1. The zero-order valence-electron chi connectivity index (χ0n) is 15.9. The predicted octanol–water partition coefficient (Wildman–Crippen LogP) is 1.33. The number of hydrogen-bond acceptors (Lipinski definition) is 6. The van der Waals surface area contributed by atoms with Crippen LogP contribution in [0.1, 0.15) is 18.9 Å². The second-order valence-corrected chi connectivity index (χ2v) is 9.14. The number of hydrogen-bond donors (Lipinski definition) is 1. The van der Waals surface area contributed by atoms with Gasteiger partial charge in [-0.1, -0.05) is 12.1 Å². The highest BCUT2D eigenvalue weighted by molar-refractivity contribution is 7.89. The number of H-pyrrole nitrogens is 1. The molecule has 1 aliphatic heterocycles. The van der Waals surface area contributed by atoms with Gasteiger partial charge in [-0.3, -0.25) is 4.57 Å². The van der Waals surface area contributed by atoms with Gasteiger partial charge in [-0.2, -0.15) is 4.31 Å². The van der Waals surface area contributed by atoms with E-state index >= 15 is 0 Å². The average molecular weight is 425 g/mol. The molecule has 10 nitrogen and oxygen atoms in total. The van der Waals surface area contributed by atoms with E-state index in [-0.39, 0.29) is 16.6 Å². The van der Waals surface area contributed by atoms with Gasteiger partial charge in [0.05, 0.1) is 21.6 Å². The molecule has 2 aromatic carbocycles. The van der Waals surface area contributed by atoms with Crippen LogP contribution in [0.25, 0.3) is 16.7 Å². The summed E-state index contributed by atoms with van der Waals surface area (Å²) in [5.74, 6) is 0. The molecule has 154 valence electrons. The van der Waals surface area contributed by atoms with Crippen molar-refractivity contribution in [1.82, 2.24) is 34.1 Å². The molecule has 5 rings (SSSR count). The Morgan fingerprint density at radius 2 is 1.73 bits per heavy atom. The third-order valence-electron chi connectivity index (χ3n) is 5.50. The van der Waals surface area contributed by atoms with E-state index in [1.807, 2.05) is 24.3 Å². The molecule has 2 aromatic heterocycles. The Labute approximate surface area is 171 Å². The highest BCUT2D eigenvalue weighted by Crippen LogP contribution is 2.28. The van der Waals surface area contributed by atoms with Gasteiger partial charge in [-0.25, -0.2) is 17.9 Å². The fourth-order valence-corrected chi connectivity index (χ4v) is 5.45. The van der Waals surface area contributed by atoms with E-state index in [0.717, 1.165) is 11.0 Å². The van der Waals surface area contributed by atoms with Crippen molar-refractivity contribution in [2.75, 3.05) is 13.1 Å². The molecule has 0 amide bonds. The number of benzene rings is 2. The summed E-state index contributed by atoms with van der Waals surface area (Å²) < 4.78 is 30.8. The number of sulfonamides is 1. The molecule has 0 unspecified atom stereocenters. The monoisotopic (exact) mass is 425 g/mol. The van der Waals surface area contributed by atoms with Crippen LogP contribution in [0.15, 0.2) is 64.5 Å². The van der Waals surface area contributed by atoms with Crippen molar-refractivity contribution in [2.24, 2.45) is 0 Å². The second kappa shape index (κ2) is 7.18. The van der Waals surface area contributed by atoms with E-state index in [1.54, 1.807) is 28.8 Å². The molecule has 30 heavy (non-hydrogen) atoms.